The quantitative estimate of drug-likeness (QED) is 0.336. The Balaban J connectivity index is 2.22. The molecule has 4 nitrogen and oxygen atoms in total. The fraction of sp³-hybridized carbons (Fsp3) is 0. The van der Waals surface area contributed by atoms with E-state index in [4.69, 9.17) is 8.83 Å². The minimum absolute atomic E-state index is 0.0954. The summed E-state index contributed by atoms with van der Waals surface area (Å²) in [6.07, 6.45) is 0. The Kier molecular flexibility index (Phi) is 2.21. The predicted molar refractivity (Wildman–Crippen MR) is 88.9 cm³/mol. The van der Waals surface area contributed by atoms with Gasteiger partial charge in [-0.25, -0.2) is 0 Å². The maximum Gasteiger partial charge on any atom is 0.182 e. The molecule has 0 saturated carbocycles. The van der Waals surface area contributed by atoms with Crippen LogP contribution in [0.25, 0.3) is 43.9 Å². The van der Waals surface area contributed by atoms with E-state index in [1.807, 2.05) is 24.3 Å². The predicted octanol–water partition coefficient (Wildman–Crippen LogP) is 4.55. The van der Waals surface area contributed by atoms with E-state index in [0.717, 1.165) is 21.5 Å². The first-order chi connectivity index (χ1) is 11.2. The van der Waals surface area contributed by atoms with E-state index in [0.29, 0.717) is 22.3 Å². The van der Waals surface area contributed by atoms with Crippen LogP contribution >= 0.6 is 0 Å². The summed E-state index contributed by atoms with van der Waals surface area (Å²) in [4.78, 5) is 11.7. The van der Waals surface area contributed by atoms with Crippen LogP contribution in [0.4, 0.5) is 0 Å². The van der Waals surface area contributed by atoms with Crippen LogP contribution in [0.3, 0.4) is 0 Å². The van der Waals surface area contributed by atoms with E-state index >= 15 is 0 Å². The van der Waals surface area contributed by atoms with Crippen molar-refractivity contribution in [2.75, 3.05) is 0 Å². The highest BCUT2D eigenvalue weighted by Crippen LogP contribution is 2.39. The Hall–Kier alpha value is -3.27. The molecule has 0 amide bonds. The first-order valence-electron chi connectivity index (χ1n) is 7.21. The molecule has 0 spiro atoms. The van der Waals surface area contributed by atoms with Crippen molar-refractivity contribution in [1.82, 2.24) is 0 Å². The standard InChI is InChI=1S/C19H10O4/c20-10-4-6-12-16(8-10)22-14-2-1-3-15-19(14)18(12)13-7-5-11(21)9-17(13)23-15/h1-9,20H. The SMILES string of the molecule is O=c1ccc2c(c1)oc1cccc3oc4cc(O)ccc4c2c31. The Morgan fingerprint density at radius 2 is 1.35 bits per heavy atom. The summed E-state index contributed by atoms with van der Waals surface area (Å²) in [6.45, 7) is 0. The molecular weight excluding hydrogens is 292 g/mol. The Labute approximate surface area is 129 Å². The van der Waals surface area contributed by atoms with Crippen molar-refractivity contribution >= 4 is 43.9 Å². The highest BCUT2D eigenvalue weighted by molar-refractivity contribution is 6.25. The van der Waals surface area contributed by atoms with Gasteiger partial charge in [0.15, 0.2) is 5.43 Å². The van der Waals surface area contributed by atoms with Crippen molar-refractivity contribution in [3.8, 4) is 5.75 Å². The van der Waals surface area contributed by atoms with Gasteiger partial charge in [-0.3, -0.25) is 4.79 Å². The van der Waals surface area contributed by atoms with Crippen LogP contribution in [-0.2, 0) is 0 Å². The number of benzene rings is 3. The van der Waals surface area contributed by atoms with Crippen LogP contribution < -0.4 is 5.43 Å². The minimum atomic E-state index is -0.0954. The number of aromatic hydroxyl groups is 1. The average molecular weight is 302 g/mol. The fourth-order valence-electron chi connectivity index (χ4n) is 3.17. The van der Waals surface area contributed by atoms with Crippen molar-refractivity contribution in [2.45, 2.75) is 0 Å². The van der Waals surface area contributed by atoms with Gasteiger partial charge in [0.05, 0.1) is 5.39 Å². The smallest absolute Gasteiger partial charge is 0.182 e. The third kappa shape index (κ3) is 1.63. The molecule has 23 heavy (non-hydrogen) atoms. The normalized spacial score (nSPS) is 11.8. The van der Waals surface area contributed by atoms with Crippen LogP contribution in [-0.4, -0.2) is 5.11 Å². The first-order valence-corrected chi connectivity index (χ1v) is 7.21. The van der Waals surface area contributed by atoms with Gasteiger partial charge in [-0.1, -0.05) is 6.07 Å². The van der Waals surface area contributed by atoms with Gasteiger partial charge in [-0.05, 0) is 36.4 Å². The van der Waals surface area contributed by atoms with E-state index in [1.54, 1.807) is 18.2 Å². The summed E-state index contributed by atoms with van der Waals surface area (Å²) in [7, 11) is 0. The molecular formula is C19H10O4. The van der Waals surface area contributed by atoms with Crippen LogP contribution in [0.1, 0.15) is 0 Å². The summed E-state index contributed by atoms with van der Waals surface area (Å²) in [5, 5.41) is 13.3. The average Bonchev–Trinajstić information content (AvgIpc) is 2.54. The lowest BCUT2D eigenvalue weighted by Crippen LogP contribution is -1.95. The molecule has 3 aromatic carbocycles. The number of rotatable bonds is 0. The number of phenolic OH excluding ortho intramolecular Hbond substituents is 1. The van der Waals surface area contributed by atoms with Crippen molar-refractivity contribution in [3.05, 3.63) is 64.8 Å². The molecule has 1 N–H and O–H groups in total. The maximum absolute atomic E-state index is 11.7. The number of hydrogen-bond donors (Lipinski definition) is 1. The molecule has 110 valence electrons. The molecule has 0 aliphatic carbocycles. The molecule has 0 atom stereocenters. The fourth-order valence-corrected chi connectivity index (χ4v) is 3.17. The molecule has 4 heteroatoms. The lowest BCUT2D eigenvalue weighted by molar-refractivity contribution is 0.474. The van der Waals surface area contributed by atoms with Crippen molar-refractivity contribution in [3.63, 3.8) is 0 Å². The molecule has 0 radical (unpaired) electrons. The second kappa shape index (κ2) is 4.14. The highest BCUT2D eigenvalue weighted by atomic mass is 16.3. The van der Waals surface area contributed by atoms with Gasteiger partial charge in [0.25, 0.3) is 0 Å². The second-order valence-corrected chi connectivity index (χ2v) is 5.55. The zero-order valence-electron chi connectivity index (χ0n) is 11.9. The number of phenols is 1. The van der Waals surface area contributed by atoms with E-state index in [-0.39, 0.29) is 11.2 Å². The second-order valence-electron chi connectivity index (χ2n) is 5.55. The molecule has 0 bridgehead atoms. The van der Waals surface area contributed by atoms with Crippen LogP contribution in [0, 0.1) is 0 Å². The lowest BCUT2D eigenvalue weighted by atomic mass is 10.0. The molecule has 0 saturated heterocycles. The van der Waals surface area contributed by atoms with Gasteiger partial charge in [-0.2, -0.15) is 0 Å². The van der Waals surface area contributed by atoms with Gasteiger partial charge >= 0.3 is 0 Å². The van der Waals surface area contributed by atoms with Crippen molar-refractivity contribution in [2.24, 2.45) is 0 Å². The van der Waals surface area contributed by atoms with Gasteiger partial charge in [0, 0.05) is 28.3 Å². The van der Waals surface area contributed by atoms with Crippen molar-refractivity contribution in [1.29, 1.82) is 0 Å². The molecule has 5 rings (SSSR count). The first kappa shape index (κ1) is 12.3. The Bertz CT molecular complexity index is 1290. The molecule has 2 aromatic heterocycles. The molecule has 5 aromatic rings. The van der Waals surface area contributed by atoms with Crippen LogP contribution in [0.2, 0.25) is 0 Å². The third-order valence-electron chi connectivity index (χ3n) is 4.13. The van der Waals surface area contributed by atoms with Crippen LogP contribution in [0.5, 0.6) is 5.75 Å². The largest absolute Gasteiger partial charge is 0.508 e. The Morgan fingerprint density at radius 3 is 2.09 bits per heavy atom. The van der Waals surface area contributed by atoms with Gasteiger partial charge in [0.2, 0.25) is 0 Å². The zero-order valence-corrected chi connectivity index (χ0v) is 11.9. The van der Waals surface area contributed by atoms with E-state index in [9.17, 15) is 9.90 Å². The monoisotopic (exact) mass is 302 g/mol. The number of hydrogen-bond acceptors (Lipinski definition) is 4. The summed E-state index contributed by atoms with van der Waals surface area (Å²) in [5.74, 6) is 0.145. The Morgan fingerprint density at radius 1 is 0.696 bits per heavy atom. The molecule has 2 heterocycles. The molecule has 0 aliphatic rings. The van der Waals surface area contributed by atoms with Gasteiger partial charge < -0.3 is 13.9 Å². The molecule has 0 fully saturated rings. The summed E-state index contributed by atoms with van der Waals surface area (Å²) in [6, 6.07) is 15.4. The maximum atomic E-state index is 11.7. The topological polar surface area (TPSA) is 63.6 Å². The minimum Gasteiger partial charge on any atom is -0.508 e. The van der Waals surface area contributed by atoms with Crippen LogP contribution in [0.15, 0.2) is 68.2 Å². The van der Waals surface area contributed by atoms with E-state index in [2.05, 4.69) is 0 Å². The van der Waals surface area contributed by atoms with E-state index < -0.39 is 0 Å². The number of fused-ring (bicyclic) bond motifs is 4. The molecule has 0 unspecified atom stereocenters. The highest BCUT2D eigenvalue weighted by Gasteiger charge is 2.15. The van der Waals surface area contributed by atoms with Gasteiger partial charge in [-0.15, -0.1) is 0 Å². The van der Waals surface area contributed by atoms with Gasteiger partial charge in [0.1, 0.15) is 28.1 Å². The van der Waals surface area contributed by atoms with Crippen molar-refractivity contribution < 1.29 is 13.9 Å². The van der Waals surface area contributed by atoms with E-state index in [1.165, 1.54) is 12.1 Å². The third-order valence-corrected chi connectivity index (χ3v) is 4.13. The summed E-state index contributed by atoms with van der Waals surface area (Å²) < 4.78 is 11.8. The summed E-state index contributed by atoms with van der Waals surface area (Å²) in [5.41, 5.74) is 2.37. The molecule has 0 aliphatic heterocycles. The lowest BCUT2D eigenvalue weighted by Gasteiger charge is -2.11. The summed E-state index contributed by atoms with van der Waals surface area (Å²) >= 11 is 0. The zero-order chi connectivity index (χ0) is 15.6.